The zero-order valence-electron chi connectivity index (χ0n) is 16.8. The van der Waals surface area contributed by atoms with Crippen LogP contribution in [0.4, 0.5) is 0 Å². The Labute approximate surface area is 177 Å². The van der Waals surface area contributed by atoms with Gasteiger partial charge < -0.3 is 15.6 Å². The number of hydrogen-bond donors (Lipinski definition) is 3. The van der Waals surface area contributed by atoms with Gasteiger partial charge in [-0.05, 0) is 63.7 Å². The summed E-state index contributed by atoms with van der Waals surface area (Å²) in [6.07, 6.45) is 4.21. The number of aromatic amines is 1. The first kappa shape index (κ1) is 21.7. The molecule has 158 valence electrons. The van der Waals surface area contributed by atoms with Crippen LogP contribution >= 0.6 is 12.4 Å². The number of aromatic nitrogens is 2. The van der Waals surface area contributed by atoms with Crippen LogP contribution in [-0.4, -0.2) is 53.0 Å². The van der Waals surface area contributed by atoms with E-state index in [4.69, 9.17) is 0 Å². The summed E-state index contributed by atoms with van der Waals surface area (Å²) < 4.78 is 0. The molecule has 2 aromatic rings. The number of benzene rings is 1. The molecule has 1 aromatic carbocycles. The van der Waals surface area contributed by atoms with Crippen molar-refractivity contribution < 1.29 is 4.79 Å². The number of amides is 1. The van der Waals surface area contributed by atoms with Gasteiger partial charge in [0.25, 0.3) is 5.56 Å². The van der Waals surface area contributed by atoms with Crippen LogP contribution in [0.5, 0.6) is 0 Å². The van der Waals surface area contributed by atoms with E-state index >= 15 is 0 Å². The van der Waals surface area contributed by atoms with Crippen molar-refractivity contribution in [1.82, 2.24) is 25.5 Å². The lowest BCUT2D eigenvalue weighted by molar-refractivity contribution is -0.123. The SMILES string of the molecule is CC(c1nc2ccccc2c(=O)[nH]1)N1CCCC(CNC(=O)C2CCCN2)C1.Cl. The Morgan fingerprint density at radius 1 is 1.31 bits per heavy atom. The van der Waals surface area contributed by atoms with Crippen molar-refractivity contribution >= 4 is 29.2 Å². The number of nitrogens with zero attached hydrogens (tertiary/aromatic N) is 2. The Hall–Kier alpha value is -1.96. The van der Waals surface area contributed by atoms with Crippen molar-refractivity contribution in [2.45, 2.75) is 44.7 Å². The minimum Gasteiger partial charge on any atom is -0.354 e. The molecular weight excluding hydrogens is 390 g/mol. The van der Waals surface area contributed by atoms with Crippen LogP contribution in [0.2, 0.25) is 0 Å². The van der Waals surface area contributed by atoms with Gasteiger partial charge in [0.1, 0.15) is 5.82 Å². The highest BCUT2D eigenvalue weighted by Gasteiger charge is 2.27. The van der Waals surface area contributed by atoms with Crippen molar-refractivity contribution in [1.29, 1.82) is 0 Å². The maximum Gasteiger partial charge on any atom is 0.258 e. The molecule has 2 fully saturated rings. The third-order valence-corrected chi connectivity index (χ3v) is 6.07. The second-order valence-corrected chi connectivity index (χ2v) is 8.04. The number of likely N-dealkylation sites (tertiary alicyclic amines) is 1. The number of piperidine rings is 1. The largest absolute Gasteiger partial charge is 0.354 e. The zero-order chi connectivity index (χ0) is 19.5. The van der Waals surface area contributed by atoms with Gasteiger partial charge in [0.05, 0.1) is 23.0 Å². The van der Waals surface area contributed by atoms with E-state index in [9.17, 15) is 9.59 Å². The molecule has 2 aliphatic rings. The van der Waals surface area contributed by atoms with Crippen LogP contribution in [-0.2, 0) is 4.79 Å². The molecule has 2 saturated heterocycles. The van der Waals surface area contributed by atoms with E-state index in [0.29, 0.717) is 23.7 Å². The van der Waals surface area contributed by atoms with Gasteiger partial charge in [0, 0.05) is 13.1 Å². The zero-order valence-corrected chi connectivity index (χ0v) is 17.6. The van der Waals surface area contributed by atoms with Crippen LogP contribution in [0.1, 0.15) is 44.5 Å². The third-order valence-electron chi connectivity index (χ3n) is 6.07. The van der Waals surface area contributed by atoms with Crippen LogP contribution < -0.4 is 16.2 Å². The van der Waals surface area contributed by atoms with Crippen LogP contribution in [0.25, 0.3) is 10.9 Å². The van der Waals surface area contributed by atoms with Gasteiger partial charge in [-0.2, -0.15) is 0 Å². The Kier molecular flexibility index (Phi) is 7.27. The molecular formula is C21H30ClN5O2. The fraction of sp³-hybridized carbons (Fsp3) is 0.571. The van der Waals surface area contributed by atoms with Gasteiger partial charge in [-0.15, -0.1) is 12.4 Å². The second kappa shape index (κ2) is 9.69. The van der Waals surface area contributed by atoms with Crippen LogP contribution in [0, 0.1) is 5.92 Å². The quantitative estimate of drug-likeness (QED) is 0.689. The van der Waals surface area contributed by atoms with Gasteiger partial charge in [-0.25, -0.2) is 4.98 Å². The molecule has 2 aliphatic heterocycles. The van der Waals surface area contributed by atoms with Gasteiger partial charge in [0.2, 0.25) is 5.91 Å². The van der Waals surface area contributed by atoms with Gasteiger partial charge >= 0.3 is 0 Å². The van der Waals surface area contributed by atoms with E-state index < -0.39 is 0 Å². The monoisotopic (exact) mass is 419 g/mol. The van der Waals surface area contributed by atoms with Crippen molar-refractivity contribution in [3.63, 3.8) is 0 Å². The lowest BCUT2D eigenvalue weighted by atomic mass is 9.96. The van der Waals surface area contributed by atoms with Crippen LogP contribution in [0.15, 0.2) is 29.1 Å². The molecule has 1 amide bonds. The van der Waals surface area contributed by atoms with E-state index in [-0.39, 0.29) is 36.0 Å². The van der Waals surface area contributed by atoms with Gasteiger partial charge in [0.15, 0.2) is 0 Å². The number of hydrogen-bond acceptors (Lipinski definition) is 5. The van der Waals surface area contributed by atoms with Gasteiger partial charge in [-0.1, -0.05) is 12.1 Å². The van der Waals surface area contributed by atoms with E-state index in [1.165, 1.54) is 0 Å². The number of carbonyl (C=O) groups is 1. The first-order chi connectivity index (χ1) is 13.6. The molecule has 3 N–H and O–H groups in total. The molecule has 4 rings (SSSR count). The van der Waals surface area contributed by atoms with Crippen molar-refractivity contribution in [3.05, 3.63) is 40.4 Å². The average Bonchev–Trinajstić information content (AvgIpc) is 3.27. The Morgan fingerprint density at radius 3 is 2.93 bits per heavy atom. The summed E-state index contributed by atoms with van der Waals surface area (Å²) in [7, 11) is 0. The molecule has 29 heavy (non-hydrogen) atoms. The number of carbonyl (C=O) groups excluding carboxylic acids is 1. The fourth-order valence-corrected chi connectivity index (χ4v) is 4.37. The molecule has 3 heterocycles. The molecule has 0 spiro atoms. The van der Waals surface area contributed by atoms with E-state index in [2.05, 4.69) is 32.4 Å². The number of nitrogens with one attached hydrogen (secondary N) is 3. The minimum absolute atomic E-state index is 0. The second-order valence-electron chi connectivity index (χ2n) is 8.04. The standard InChI is InChI=1S/C21H29N5O2.ClH/c1-14(19-24-17-8-3-2-7-16(17)20(27)25-19)26-11-5-6-15(13-26)12-23-21(28)18-9-4-10-22-18;/h2-3,7-8,14-15,18,22H,4-6,9-13H2,1H3,(H,23,28)(H,24,25,27);1H. The number of H-pyrrole nitrogens is 1. The van der Waals surface area contributed by atoms with Gasteiger partial charge in [-0.3, -0.25) is 14.5 Å². The molecule has 0 radical (unpaired) electrons. The summed E-state index contributed by atoms with van der Waals surface area (Å²) in [6.45, 7) is 5.62. The molecule has 3 unspecified atom stereocenters. The third kappa shape index (κ3) is 4.97. The van der Waals surface area contributed by atoms with Crippen molar-refractivity contribution in [3.8, 4) is 0 Å². The normalized spacial score (nSPS) is 23.5. The first-order valence-electron chi connectivity index (χ1n) is 10.4. The molecule has 0 bridgehead atoms. The predicted octanol–water partition coefficient (Wildman–Crippen LogP) is 1.99. The van der Waals surface area contributed by atoms with E-state index in [0.717, 1.165) is 50.8 Å². The number of halogens is 1. The molecule has 0 aliphatic carbocycles. The Morgan fingerprint density at radius 2 is 2.14 bits per heavy atom. The summed E-state index contributed by atoms with van der Waals surface area (Å²) in [6, 6.07) is 7.45. The highest BCUT2D eigenvalue weighted by molar-refractivity contribution is 5.85. The highest BCUT2D eigenvalue weighted by atomic mass is 35.5. The smallest absolute Gasteiger partial charge is 0.258 e. The lowest BCUT2D eigenvalue weighted by Gasteiger charge is -2.36. The maximum absolute atomic E-state index is 12.4. The number of para-hydroxylation sites is 1. The average molecular weight is 420 g/mol. The summed E-state index contributed by atoms with van der Waals surface area (Å²) >= 11 is 0. The lowest BCUT2D eigenvalue weighted by Crippen LogP contribution is -2.46. The molecule has 3 atom stereocenters. The first-order valence-corrected chi connectivity index (χ1v) is 10.4. The van der Waals surface area contributed by atoms with E-state index in [1.54, 1.807) is 6.07 Å². The fourth-order valence-electron chi connectivity index (χ4n) is 4.37. The topological polar surface area (TPSA) is 90.1 Å². The highest BCUT2D eigenvalue weighted by Crippen LogP contribution is 2.25. The minimum atomic E-state index is -0.0858. The molecule has 8 heteroatoms. The molecule has 7 nitrogen and oxygen atoms in total. The molecule has 0 saturated carbocycles. The summed E-state index contributed by atoms with van der Waals surface area (Å²) in [5.74, 6) is 1.26. The molecule has 1 aromatic heterocycles. The predicted molar refractivity (Wildman–Crippen MR) is 116 cm³/mol. The summed E-state index contributed by atoms with van der Waals surface area (Å²) in [5.41, 5.74) is 0.648. The van der Waals surface area contributed by atoms with E-state index in [1.807, 2.05) is 18.2 Å². The Bertz CT molecular complexity index is 896. The van der Waals surface area contributed by atoms with Crippen molar-refractivity contribution in [2.24, 2.45) is 5.92 Å². The van der Waals surface area contributed by atoms with Crippen LogP contribution in [0.3, 0.4) is 0 Å². The summed E-state index contributed by atoms with van der Waals surface area (Å²) in [5, 5.41) is 7.00. The maximum atomic E-state index is 12.4. The number of fused-ring (bicyclic) bond motifs is 1. The van der Waals surface area contributed by atoms with Crippen molar-refractivity contribution in [2.75, 3.05) is 26.2 Å². The summed E-state index contributed by atoms with van der Waals surface area (Å²) in [4.78, 5) is 34.6. The Balaban J connectivity index is 0.00000240. The number of rotatable bonds is 5.